The summed E-state index contributed by atoms with van der Waals surface area (Å²) in [5.74, 6) is -6.60. The Morgan fingerprint density at radius 1 is 0.930 bits per heavy atom. The van der Waals surface area contributed by atoms with Crippen molar-refractivity contribution < 1.29 is 32.8 Å². The predicted octanol–water partition coefficient (Wildman–Crippen LogP) is 4.03. The molecule has 1 N–H and O–H groups in total. The van der Waals surface area contributed by atoms with Gasteiger partial charge in [0.25, 0.3) is 23.6 Å². The first-order chi connectivity index (χ1) is 20.5. The SMILES string of the molecule is O=C1CCC(N2C(=O)c3ccc(C(=O)N4CCC(N5CC=C(c6cccc(Cl)c6Cl)CC5)C(F)(F)C4)cc3C2=O)C(=O)N1. The first-order valence-corrected chi connectivity index (χ1v) is 14.6. The Morgan fingerprint density at radius 3 is 2.40 bits per heavy atom. The molecule has 0 saturated carbocycles. The van der Waals surface area contributed by atoms with E-state index in [1.165, 1.54) is 18.2 Å². The Hall–Kier alpha value is -3.67. The summed E-state index contributed by atoms with van der Waals surface area (Å²) in [7, 11) is 0. The number of nitrogens with zero attached hydrogens (tertiary/aromatic N) is 3. The normalized spacial score (nSPS) is 24.1. The van der Waals surface area contributed by atoms with Crippen molar-refractivity contribution in [2.24, 2.45) is 0 Å². The van der Waals surface area contributed by atoms with Crippen LogP contribution in [0.15, 0.2) is 42.5 Å². The van der Waals surface area contributed by atoms with Crippen molar-refractivity contribution >= 4 is 58.3 Å². The van der Waals surface area contributed by atoms with Gasteiger partial charge in [-0.1, -0.05) is 41.4 Å². The highest BCUT2D eigenvalue weighted by molar-refractivity contribution is 6.43. The molecule has 2 aromatic carbocycles. The molecule has 2 fully saturated rings. The van der Waals surface area contributed by atoms with E-state index < -0.39 is 54.1 Å². The fraction of sp³-hybridized carbons (Fsp3) is 0.367. The number of nitrogens with one attached hydrogen (secondary N) is 1. The maximum absolute atomic E-state index is 15.5. The lowest BCUT2D eigenvalue weighted by molar-refractivity contribution is -0.136. The number of likely N-dealkylation sites (tertiary alicyclic amines) is 1. The second kappa shape index (κ2) is 11.1. The quantitative estimate of drug-likeness (QED) is 0.511. The number of amides is 5. The van der Waals surface area contributed by atoms with Crippen LogP contribution in [0.4, 0.5) is 8.78 Å². The summed E-state index contributed by atoms with van der Waals surface area (Å²) in [6.45, 7) is -0.0146. The van der Waals surface area contributed by atoms with Crippen LogP contribution in [0.2, 0.25) is 10.0 Å². The van der Waals surface area contributed by atoms with Crippen molar-refractivity contribution in [1.29, 1.82) is 0 Å². The monoisotopic (exact) mass is 630 g/mol. The van der Waals surface area contributed by atoms with Crippen molar-refractivity contribution in [2.45, 2.75) is 43.7 Å². The lowest BCUT2D eigenvalue weighted by atomic mass is 9.94. The van der Waals surface area contributed by atoms with Gasteiger partial charge in [-0.25, -0.2) is 8.78 Å². The van der Waals surface area contributed by atoms with E-state index in [4.69, 9.17) is 23.2 Å². The average molecular weight is 631 g/mol. The van der Waals surface area contributed by atoms with Crippen LogP contribution in [0, 0.1) is 0 Å². The predicted molar refractivity (Wildman–Crippen MR) is 153 cm³/mol. The number of imide groups is 2. The van der Waals surface area contributed by atoms with E-state index in [9.17, 15) is 24.0 Å². The van der Waals surface area contributed by atoms with Crippen LogP contribution in [0.3, 0.4) is 0 Å². The molecule has 0 aromatic heterocycles. The van der Waals surface area contributed by atoms with Crippen LogP contribution in [-0.2, 0) is 9.59 Å². The van der Waals surface area contributed by atoms with Gasteiger partial charge in [0.1, 0.15) is 6.04 Å². The molecule has 2 atom stereocenters. The van der Waals surface area contributed by atoms with Gasteiger partial charge in [-0.3, -0.25) is 39.1 Å². The Morgan fingerprint density at radius 2 is 1.70 bits per heavy atom. The topological polar surface area (TPSA) is 107 Å². The van der Waals surface area contributed by atoms with Crippen molar-refractivity contribution in [3.8, 4) is 0 Å². The Bertz CT molecular complexity index is 1610. The second-order valence-corrected chi connectivity index (χ2v) is 11.9. The first-order valence-electron chi connectivity index (χ1n) is 13.9. The molecule has 13 heteroatoms. The fourth-order valence-electron chi connectivity index (χ4n) is 6.30. The van der Waals surface area contributed by atoms with Crippen LogP contribution in [0.5, 0.6) is 0 Å². The molecule has 5 amide bonds. The third kappa shape index (κ3) is 5.23. The molecule has 2 saturated heterocycles. The van der Waals surface area contributed by atoms with Crippen LogP contribution < -0.4 is 5.32 Å². The zero-order valence-electron chi connectivity index (χ0n) is 22.7. The van der Waals surface area contributed by atoms with Gasteiger partial charge >= 0.3 is 0 Å². The average Bonchev–Trinajstić information content (AvgIpc) is 3.22. The summed E-state index contributed by atoms with van der Waals surface area (Å²) in [6.07, 6.45) is 2.42. The number of rotatable bonds is 4. The summed E-state index contributed by atoms with van der Waals surface area (Å²) in [6, 6.07) is 6.95. The number of carbonyl (C=O) groups is 5. The molecule has 43 heavy (non-hydrogen) atoms. The molecular weight excluding hydrogens is 605 g/mol. The minimum Gasteiger partial charge on any atom is -0.332 e. The van der Waals surface area contributed by atoms with Gasteiger partial charge in [0, 0.05) is 31.6 Å². The number of hydrogen-bond donors (Lipinski definition) is 1. The molecule has 2 unspecified atom stereocenters. The molecule has 2 aromatic rings. The van der Waals surface area contributed by atoms with E-state index in [2.05, 4.69) is 5.32 Å². The molecule has 4 aliphatic rings. The third-order valence-electron chi connectivity index (χ3n) is 8.51. The molecule has 0 aliphatic carbocycles. The number of fused-ring (bicyclic) bond motifs is 1. The number of carbonyl (C=O) groups excluding carboxylic acids is 5. The molecular formula is C30H26Cl2F2N4O5. The zero-order chi connectivity index (χ0) is 30.6. The Kier molecular flexibility index (Phi) is 7.60. The van der Waals surface area contributed by atoms with Gasteiger partial charge < -0.3 is 4.90 Å². The molecule has 4 aliphatic heterocycles. The summed E-state index contributed by atoms with van der Waals surface area (Å²) in [4.78, 5) is 66.8. The van der Waals surface area contributed by atoms with Crippen LogP contribution in [0.25, 0.3) is 5.57 Å². The van der Waals surface area contributed by atoms with E-state index in [-0.39, 0.29) is 42.5 Å². The smallest absolute Gasteiger partial charge is 0.280 e. The van der Waals surface area contributed by atoms with E-state index in [0.29, 0.717) is 29.6 Å². The maximum Gasteiger partial charge on any atom is 0.280 e. The number of halogens is 4. The minimum absolute atomic E-state index is 0.00553. The molecule has 0 radical (unpaired) electrons. The van der Waals surface area contributed by atoms with Crippen LogP contribution >= 0.6 is 23.2 Å². The largest absolute Gasteiger partial charge is 0.332 e. The van der Waals surface area contributed by atoms with E-state index >= 15 is 8.78 Å². The van der Waals surface area contributed by atoms with E-state index in [1.54, 1.807) is 17.0 Å². The lowest BCUT2D eigenvalue weighted by Crippen LogP contribution is -2.60. The maximum atomic E-state index is 15.5. The van der Waals surface area contributed by atoms with Crippen LogP contribution in [0.1, 0.15) is 62.3 Å². The fourth-order valence-corrected chi connectivity index (χ4v) is 6.72. The lowest BCUT2D eigenvalue weighted by Gasteiger charge is -2.44. The van der Waals surface area contributed by atoms with E-state index in [1.807, 2.05) is 12.1 Å². The van der Waals surface area contributed by atoms with Gasteiger partial charge in [0.15, 0.2) is 0 Å². The number of benzene rings is 2. The number of hydrogen-bond acceptors (Lipinski definition) is 6. The standard InChI is InChI=1S/C30H26Cl2F2N4O5/c31-21-3-1-2-18(25(21)32)16-8-11-36(12-9-16)23-10-13-37(15-30(23,33)34)27(41)17-4-5-19-20(14-17)29(43)38(28(19)42)22-6-7-24(39)35-26(22)40/h1-5,8,14,22-23H,6-7,9-13,15H2,(H,35,39,40). The highest BCUT2D eigenvalue weighted by Gasteiger charge is 2.49. The summed E-state index contributed by atoms with van der Waals surface area (Å²) in [5, 5.41) is 2.98. The van der Waals surface area contributed by atoms with Crippen LogP contribution in [-0.4, -0.2) is 88.4 Å². The zero-order valence-corrected chi connectivity index (χ0v) is 24.3. The molecule has 4 heterocycles. The molecule has 224 valence electrons. The van der Waals surface area contributed by atoms with Gasteiger partial charge in [-0.05, 0) is 54.7 Å². The summed E-state index contributed by atoms with van der Waals surface area (Å²) in [5.41, 5.74) is 1.64. The van der Waals surface area contributed by atoms with Gasteiger partial charge in [0.2, 0.25) is 11.8 Å². The Balaban J connectivity index is 1.13. The van der Waals surface area contributed by atoms with Gasteiger partial charge in [-0.15, -0.1) is 0 Å². The van der Waals surface area contributed by atoms with Crippen molar-refractivity contribution in [1.82, 2.24) is 20.0 Å². The van der Waals surface area contributed by atoms with Crippen molar-refractivity contribution in [2.75, 3.05) is 26.2 Å². The molecule has 9 nitrogen and oxygen atoms in total. The molecule has 6 rings (SSSR count). The Labute approximate surface area is 255 Å². The summed E-state index contributed by atoms with van der Waals surface area (Å²) < 4.78 is 31.0. The van der Waals surface area contributed by atoms with Gasteiger partial charge in [0.05, 0.1) is 33.8 Å². The first kappa shape index (κ1) is 29.4. The van der Waals surface area contributed by atoms with Crippen molar-refractivity contribution in [3.05, 3.63) is 74.8 Å². The molecule has 0 spiro atoms. The highest BCUT2D eigenvalue weighted by Crippen LogP contribution is 2.37. The number of piperidine rings is 2. The van der Waals surface area contributed by atoms with E-state index in [0.717, 1.165) is 20.9 Å². The minimum atomic E-state index is -3.20. The number of alkyl halides is 2. The highest BCUT2D eigenvalue weighted by atomic mass is 35.5. The van der Waals surface area contributed by atoms with Crippen molar-refractivity contribution in [3.63, 3.8) is 0 Å². The molecule has 0 bridgehead atoms. The third-order valence-corrected chi connectivity index (χ3v) is 9.33. The van der Waals surface area contributed by atoms with Gasteiger partial charge in [-0.2, -0.15) is 0 Å². The second-order valence-electron chi connectivity index (χ2n) is 11.1. The summed E-state index contributed by atoms with van der Waals surface area (Å²) >= 11 is 12.5.